The monoisotopic (exact) mass is 379 g/mol. The maximum absolute atomic E-state index is 13.2. The van der Waals surface area contributed by atoms with E-state index in [9.17, 15) is 19.3 Å². The van der Waals surface area contributed by atoms with E-state index >= 15 is 0 Å². The summed E-state index contributed by atoms with van der Waals surface area (Å²) in [6.07, 6.45) is 0. The summed E-state index contributed by atoms with van der Waals surface area (Å²) in [5, 5.41) is 17.2. The zero-order valence-corrected chi connectivity index (χ0v) is 15.1. The number of halogens is 2. The van der Waals surface area contributed by atoms with Crippen molar-refractivity contribution in [3.05, 3.63) is 69.0 Å². The van der Waals surface area contributed by atoms with Crippen molar-refractivity contribution in [1.29, 1.82) is 0 Å². The highest BCUT2D eigenvalue weighted by Gasteiger charge is 2.19. The standard InChI is InChI=1S/C18H19ClFN3O3/c1-11(2)18(12-3-5-13(19)6-4-12)21-10-17(24)22-15-8-7-14(20)9-16(15)23(25)26/h3-9,11,18,21H,10H2,1-2H3,(H,22,24). The van der Waals surface area contributed by atoms with Gasteiger partial charge in [0.05, 0.1) is 17.5 Å². The fourth-order valence-electron chi connectivity index (χ4n) is 2.57. The van der Waals surface area contributed by atoms with Crippen molar-refractivity contribution in [2.45, 2.75) is 19.9 Å². The van der Waals surface area contributed by atoms with E-state index in [4.69, 9.17) is 11.6 Å². The van der Waals surface area contributed by atoms with Crippen molar-refractivity contribution in [1.82, 2.24) is 5.32 Å². The number of nitro groups is 1. The van der Waals surface area contributed by atoms with E-state index in [1.807, 2.05) is 26.0 Å². The van der Waals surface area contributed by atoms with Crippen LogP contribution in [0.1, 0.15) is 25.5 Å². The van der Waals surface area contributed by atoms with Gasteiger partial charge in [-0.05, 0) is 35.7 Å². The number of nitro benzene ring substituents is 1. The van der Waals surface area contributed by atoms with E-state index in [-0.39, 0.29) is 24.2 Å². The molecule has 0 aliphatic rings. The molecule has 2 rings (SSSR count). The first-order chi connectivity index (χ1) is 12.3. The van der Waals surface area contributed by atoms with Crippen molar-refractivity contribution < 1.29 is 14.1 Å². The molecule has 0 aromatic heterocycles. The van der Waals surface area contributed by atoms with Gasteiger partial charge in [-0.25, -0.2) is 4.39 Å². The van der Waals surface area contributed by atoms with Crippen LogP contribution in [0.5, 0.6) is 0 Å². The first-order valence-corrected chi connectivity index (χ1v) is 8.38. The highest BCUT2D eigenvalue weighted by molar-refractivity contribution is 6.30. The number of benzene rings is 2. The summed E-state index contributed by atoms with van der Waals surface area (Å²) in [6.45, 7) is 3.96. The Labute approximate surface area is 155 Å². The molecule has 0 bridgehead atoms. The van der Waals surface area contributed by atoms with Crippen LogP contribution in [0.2, 0.25) is 5.02 Å². The summed E-state index contributed by atoms with van der Waals surface area (Å²) < 4.78 is 13.2. The van der Waals surface area contributed by atoms with Gasteiger partial charge in [0.25, 0.3) is 5.69 Å². The average molecular weight is 380 g/mol. The van der Waals surface area contributed by atoms with E-state index < -0.39 is 22.3 Å². The van der Waals surface area contributed by atoms with Crippen molar-refractivity contribution in [2.75, 3.05) is 11.9 Å². The Morgan fingerprint density at radius 2 is 1.88 bits per heavy atom. The highest BCUT2D eigenvalue weighted by atomic mass is 35.5. The lowest BCUT2D eigenvalue weighted by Crippen LogP contribution is -2.33. The molecular weight excluding hydrogens is 361 g/mol. The quantitative estimate of drug-likeness (QED) is 0.554. The lowest BCUT2D eigenvalue weighted by molar-refractivity contribution is -0.384. The van der Waals surface area contributed by atoms with Crippen LogP contribution in [0.25, 0.3) is 0 Å². The third-order valence-corrected chi connectivity index (χ3v) is 4.06. The van der Waals surface area contributed by atoms with Crippen LogP contribution in [-0.4, -0.2) is 17.4 Å². The van der Waals surface area contributed by atoms with E-state index in [0.29, 0.717) is 5.02 Å². The normalized spacial score (nSPS) is 12.0. The fraction of sp³-hybridized carbons (Fsp3) is 0.278. The number of carbonyl (C=O) groups excluding carboxylic acids is 1. The molecule has 26 heavy (non-hydrogen) atoms. The number of hydrogen-bond donors (Lipinski definition) is 2. The number of carbonyl (C=O) groups is 1. The van der Waals surface area contributed by atoms with Gasteiger partial charge >= 0.3 is 0 Å². The van der Waals surface area contributed by atoms with Crippen LogP contribution in [0.3, 0.4) is 0 Å². The number of amides is 1. The maximum Gasteiger partial charge on any atom is 0.295 e. The number of hydrogen-bond acceptors (Lipinski definition) is 4. The highest BCUT2D eigenvalue weighted by Crippen LogP contribution is 2.25. The molecule has 1 atom stereocenters. The number of rotatable bonds is 7. The molecule has 0 aliphatic carbocycles. The molecule has 0 fully saturated rings. The molecule has 1 amide bonds. The molecule has 0 heterocycles. The Hall–Kier alpha value is -2.51. The number of anilines is 1. The minimum absolute atomic E-state index is 0.0456. The maximum atomic E-state index is 13.2. The van der Waals surface area contributed by atoms with Crippen LogP contribution >= 0.6 is 11.6 Å². The minimum atomic E-state index is -0.740. The molecule has 2 aromatic rings. The summed E-state index contributed by atoms with van der Waals surface area (Å²) in [6, 6.07) is 10.2. The van der Waals surface area contributed by atoms with Gasteiger partial charge in [-0.3, -0.25) is 14.9 Å². The lowest BCUT2D eigenvalue weighted by Gasteiger charge is -2.23. The predicted molar refractivity (Wildman–Crippen MR) is 98.7 cm³/mol. The number of nitrogens with zero attached hydrogens (tertiary/aromatic N) is 1. The van der Waals surface area contributed by atoms with Crippen molar-refractivity contribution in [2.24, 2.45) is 5.92 Å². The van der Waals surface area contributed by atoms with Crippen molar-refractivity contribution in [3.63, 3.8) is 0 Å². The molecule has 0 aliphatic heterocycles. The molecule has 6 nitrogen and oxygen atoms in total. The summed E-state index contributed by atoms with van der Waals surface area (Å²) >= 11 is 5.90. The third-order valence-electron chi connectivity index (χ3n) is 3.81. The minimum Gasteiger partial charge on any atom is -0.319 e. The van der Waals surface area contributed by atoms with E-state index in [0.717, 1.165) is 17.7 Å². The molecule has 8 heteroatoms. The molecular formula is C18H19ClFN3O3. The van der Waals surface area contributed by atoms with Crippen LogP contribution in [0.15, 0.2) is 42.5 Å². The summed E-state index contributed by atoms with van der Waals surface area (Å²) in [5.74, 6) is -1.00. The predicted octanol–water partition coefficient (Wildman–Crippen LogP) is 4.31. The molecule has 2 N–H and O–H groups in total. The Kier molecular flexibility index (Phi) is 6.65. The Balaban J connectivity index is 2.05. The second kappa shape index (κ2) is 8.73. The topological polar surface area (TPSA) is 84.3 Å². The zero-order chi connectivity index (χ0) is 19.3. The van der Waals surface area contributed by atoms with E-state index in [2.05, 4.69) is 10.6 Å². The first-order valence-electron chi connectivity index (χ1n) is 8.00. The fourth-order valence-corrected chi connectivity index (χ4v) is 2.69. The van der Waals surface area contributed by atoms with Gasteiger partial charge in [-0.2, -0.15) is 0 Å². The summed E-state index contributed by atoms with van der Waals surface area (Å²) in [7, 11) is 0. The van der Waals surface area contributed by atoms with Gasteiger partial charge in [0.1, 0.15) is 11.5 Å². The van der Waals surface area contributed by atoms with Gasteiger partial charge in [0.2, 0.25) is 5.91 Å². The first kappa shape index (κ1) is 19.8. The molecule has 0 radical (unpaired) electrons. The van der Waals surface area contributed by atoms with Crippen LogP contribution in [-0.2, 0) is 4.79 Å². The smallest absolute Gasteiger partial charge is 0.295 e. The molecule has 138 valence electrons. The van der Waals surface area contributed by atoms with Crippen LogP contribution in [0.4, 0.5) is 15.8 Å². The van der Waals surface area contributed by atoms with Crippen LogP contribution < -0.4 is 10.6 Å². The molecule has 0 saturated heterocycles. The molecule has 1 unspecified atom stereocenters. The SMILES string of the molecule is CC(C)C(NCC(=O)Nc1ccc(F)cc1[N+](=O)[O-])c1ccc(Cl)cc1. The average Bonchev–Trinajstić information content (AvgIpc) is 2.57. The molecule has 0 saturated carbocycles. The van der Waals surface area contributed by atoms with Gasteiger partial charge in [-0.15, -0.1) is 0 Å². The Morgan fingerprint density at radius 3 is 2.46 bits per heavy atom. The van der Waals surface area contributed by atoms with Gasteiger partial charge < -0.3 is 10.6 Å². The van der Waals surface area contributed by atoms with E-state index in [1.54, 1.807) is 12.1 Å². The lowest BCUT2D eigenvalue weighted by atomic mass is 9.96. The van der Waals surface area contributed by atoms with Crippen LogP contribution in [0, 0.1) is 21.8 Å². The second-order valence-corrected chi connectivity index (χ2v) is 6.56. The van der Waals surface area contributed by atoms with Crippen molar-refractivity contribution in [3.8, 4) is 0 Å². The second-order valence-electron chi connectivity index (χ2n) is 6.12. The van der Waals surface area contributed by atoms with Gasteiger partial charge in [0, 0.05) is 11.1 Å². The Morgan fingerprint density at radius 1 is 1.23 bits per heavy atom. The Bertz CT molecular complexity index is 797. The van der Waals surface area contributed by atoms with Gasteiger partial charge in [0.15, 0.2) is 0 Å². The zero-order valence-electron chi connectivity index (χ0n) is 14.3. The summed E-state index contributed by atoms with van der Waals surface area (Å²) in [5.41, 5.74) is 0.442. The van der Waals surface area contributed by atoms with E-state index in [1.165, 1.54) is 6.07 Å². The third kappa shape index (κ3) is 5.24. The summed E-state index contributed by atoms with van der Waals surface area (Å²) in [4.78, 5) is 22.4. The largest absolute Gasteiger partial charge is 0.319 e. The van der Waals surface area contributed by atoms with Gasteiger partial charge in [-0.1, -0.05) is 37.6 Å². The number of nitrogens with one attached hydrogen (secondary N) is 2. The molecule has 0 spiro atoms. The van der Waals surface area contributed by atoms with Crippen molar-refractivity contribution >= 4 is 28.9 Å². The molecule has 2 aromatic carbocycles.